The SMILES string of the molecule is Cc1cc(NC2COc3cc(O)ccc32)ccc1Br. The molecule has 3 nitrogen and oxygen atoms in total. The van der Waals surface area contributed by atoms with E-state index in [0.717, 1.165) is 21.5 Å². The van der Waals surface area contributed by atoms with Gasteiger partial charge in [0.15, 0.2) is 0 Å². The molecule has 1 aliphatic rings. The third-order valence-corrected chi connectivity index (χ3v) is 4.17. The number of nitrogens with one attached hydrogen (secondary N) is 1. The Kier molecular flexibility index (Phi) is 3.11. The lowest BCUT2D eigenvalue weighted by Gasteiger charge is -2.14. The van der Waals surface area contributed by atoms with Crippen molar-refractivity contribution < 1.29 is 9.84 Å². The first kappa shape index (κ1) is 12.4. The number of fused-ring (bicyclic) bond motifs is 1. The monoisotopic (exact) mass is 319 g/mol. The molecule has 0 amide bonds. The number of rotatable bonds is 2. The van der Waals surface area contributed by atoms with E-state index in [1.807, 2.05) is 18.2 Å². The average molecular weight is 320 g/mol. The van der Waals surface area contributed by atoms with Crippen molar-refractivity contribution in [3.05, 3.63) is 52.0 Å². The normalized spacial score (nSPS) is 16.8. The minimum atomic E-state index is 0.121. The molecule has 98 valence electrons. The van der Waals surface area contributed by atoms with Gasteiger partial charge in [-0.1, -0.05) is 15.9 Å². The summed E-state index contributed by atoms with van der Waals surface area (Å²) in [6.07, 6.45) is 0. The minimum Gasteiger partial charge on any atom is -0.508 e. The van der Waals surface area contributed by atoms with Crippen LogP contribution in [0.3, 0.4) is 0 Å². The number of benzene rings is 2. The van der Waals surface area contributed by atoms with Crippen LogP contribution >= 0.6 is 15.9 Å². The van der Waals surface area contributed by atoms with Crippen LogP contribution in [0.4, 0.5) is 5.69 Å². The Morgan fingerprint density at radius 3 is 2.89 bits per heavy atom. The Morgan fingerprint density at radius 1 is 1.26 bits per heavy atom. The number of phenolic OH excluding ortho intramolecular Hbond substituents is 1. The molecular weight excluding hydrogens is 306 g/mol. The third kappa shape index (κ3) is 2.40. The summed E-state index contributed by atoms with van der Waals surface area (Å²) in [5.41, 5.74) is 3.34. The molecule has 0 saturated carbocycles. The van der Waals surface area contributed by atoms with E-state index in [1.165, 1.54) is 5.56 Å². The molecule has 0 spiro atoms. The molecule has 1 atom stereocenters. The Bertz CT molecular complexity index is 628. The molecule has 2 aromatic carbocycles. The maximum atomic E-state index is 9.43. The summed E-state index contributed by atoms with van der Waals surface area (Å²) >= 11 is 3.50. The fourth-order valence-corrected chi connectivity index (χ4v) is 2.50. The van der Waals surface area contributed by atoms with Gasteiger partial charge in [0.1, 0.15) is 18.1 Å². The quantitative estimate of drug-likeness (QED) is 0.878. The molecule has 1 unspecified atom stereocenters. The lowest BCUT2D eigenvalue weighted by Crippen LogP contribution is -2.11. The Labute approximate surface area is 120 Å². The second-order valence-electron chi connectivity index (χ2n) is 4.69. The topological polar surface area (TPSA) is 41.5 Å². The summed E-state index contributed by atoms with van der Waals surface area (Å²) in [4.78, 5) is 0. The molecule has 0 radical (unpaired) electrons. The van der Waals surface area contributed by atoms with Crippen LogP contribution in [0.25, 0.3) is 0 Å². The van der Waals surface area contributed by atoms with Gasteiger partial charge in [0.2, 0.25) is 0 Å². The number of halogens is 1. The van der Waals surface area contributed by atoms with Crippen LogP contribution in [0.2, 0.25) is 0 Å². The number of ether oxygens (including phenoxy) is 1. The van der Waals surface area contributed by atoms with Crippen molar-refractivity contribution in [3.8, 4) is 11.5 Å². The van der Waals surface area contributed by atoms with E-state index in [4.69, 9.17) is 4.74 Å². The zero-order valence-electron chi connectivity index (χ0n) is 10.5. The van der Waals surface area contributed by atoms with Gasteiger partial charge in [0.05, 0.1) is 6.04 Å². The summed E-state index contributed by atoms with van der Waals surface area (Å²) in [6.45, 7) is 2.64. The van der Waals surface area contributed by atoms with Crippen molar-refractivity contribution in [1.29, 1.82) is 0 Å². The molecule has 0 fully saturated rings. The second kappa shape index (κ2) is 4.78. The molecule has 1 heterocycles. The van der Waals surface area contributed by atoms with Crippen LogP contribution < -0.4 is 10.1 Å². The summed E-state index contributed by atoms with van der Waals surface area (Å²) in [5.74, 6) is 0.991. The van der Waals surface area contributed by atoms with Crippen LogP contribution in [0.1, 0.15) is 17.2 Å². The smallest absolute Gasteiger partial charge is 0.128 e. The number of aryl methyl sites for hydroxylation is 1. The maximum absolute atomic E-state index is 9.43. The highest BCUT2D eigenvalue weighted by Gasteiger charge is 2.24. The van der Waals surface area contributed by atoms with Crippen LogP contribution in [0, 0.1) is 6.92 Å². The van der Waals surface area contributed by atoms with Gasteiger partial charge in [0.25, 0.3) is 0 Å². The van der Waals surface area contributed by atoms with Gasteiger partial charge in [-0.3, -0.25) is 0 Å². The Balaban J connectivity index is 1.84. The van der Waals surface area contributed by atoms with Crippen molar-refractivity contribution >= 4 is 21.6 Å². The molecule has 2 aromatic rings. The number of hydrogen-bond acceptors (Lipinski definition) is 3. The highest BCUT2D eigenvalue weighted by atomic mass is 79.9. The predicted molar refractivity (Wildman–Crippen MR) is 78.8 cm³/mol. The summed E-state index contributed by atoms with van der Waals surface area (Å²) in [7, 11) is 0. The maximum Gasteiger partial charge on any atom is 0.128 e. The fourth-order valence-electron chi connectivity index (χ4n) is 2.25. The largest absolute Gasteiger partial charge is 0.508 e. The van der Waals surface area contributed by atoms with E-state index in [9.17, 15) is 5.11 Å². The molecule has 19 heavy (non-hydrogen) atoms. The Morgan fingerprint density at radius 2 is 2.11 bits per heavy atom. The van der Waals surface area contributed by atoms with Crippen LogP contribution in [-0.2, 0) is 0 Å². The molecule has 4 heteroatoms. The summed E-state index contributed by atoms with van der Waals surface area (Å²) in [6, 6.07) is 11.5. The predicted octanol–water partition coefficient (Wildman–Crippen LogP) is 4.01. The first-order chi connectivity index (χ1) is 9.13. The van der Waals surface area contributed by atoms with Crippen molar-refractivity contribution in [2.24, 2.45) is 0 Å². The van der Waals surface area contributed by atoms with Crippen molar-refractivity contribution in [2.75, 3.05) is 11.9 Å². The molecule has 1 aliphatic heterocycles. The molecule has 0 bridgehead atoms. The number of phenols is 1. The third-order valence-electron chi connectivity index (χ3n) is 3.28. The van der Waals surface area contributed by atoms with Crippen LogP contribution in [-0.4, -0.2) is 11.7 Å². The first-order valence-corrected chi connectivity index (χ1v) is 6.91. The lowest BCUT2D eigenvalue weighted by atomic mass is 10.1. The summed E-state index contributed by atoms with van der Waals surface area (Å²) in [5, 5.41) is 12.9. The highest BCUT2D eigenvalue weighted by molar-refractivity contribution is 9.10. The fraction of sp³-hybridized carbons (Fsp3) is 0.200. The van der Waals surface area contributed by atoms with Gasteiger partial charge in [-0.15, -0.1) is 0 Å². The zero-order valence-corrected chi connectivity index (χ0v) is 12.1. The van der Waals surface area contributed by atoms with E-state index in [0.29, 0.717) is 6.61 Å². The van der Waals surface area contributed by atoms with Gasteiger partial charge < -0.3 is 15.2 Å². The first-order valence-electron chi connectivity index (χ1n) is 6.12. The van der Waals surface area contributed by atoms with Crippen LogP contribution in [0.15, 0.2) is 40.9 Å². The van der Waals surface area contributed by atoms with E-state index in [-0.39, 0.29) is 11.8 Å². The molecule has 2 N–H and O–H groups in total. The standard InChI is InChI=1S/C15H14BrNO2/c1-9-6-10(2-5-13(9)16)17-14-8-19-15-7-11(18)3-4-12(14)15/h2-7,14,17-18H,8H2,1H3. The molecular formula is C15H14BrNO2. The van der Waals surface area contributed by atoms with Gasteiger partial charge in [-0.2, -0.15) is 0 Å². The molecule has 3 rings (SSSR count). The van der Waals surface area contributed by atoms with Crippen LogP contribution in [0.5, 0.6) is 11.5 Å². The van der Waals surface area contributed by atoms with E-state index in [2.05, 4.69) is 34.2 Å². The lowest BCUT2D eigenvalue weighted by molar-refractivity contribution is 0.338. The summed E-state index contributed by atoms with van der Waals surface area (Å²) < 4.78 is 6.69. The van der Waals surface area contributed by atoms with E-state index < -0.39 is 0 Å². The van der Waals surface area contributed by atoms with Gasteiger partial charge >= 0.3 is 0 Å². The van der Waals surface area contributed by atoms with Gasteiger partial charge in [-0.25, -0.2) is 0 Å². The Hall–Kier alpha value is -1.68. The van der Waals surface area contributed by atoms with Crippen molar-refractivity contribution in [1.82, 2.24) is 0 Å². The molecule has 0 aliphatic carbocycles. The van der Waals surface area contributed by atoms with Crippen molar-refractivity contribution in [3.63, 3.8) is 0 Å². The van der Waals surface area contributed by atoms with E-state index in [1.54, 1.807) is 12.1 Å². The molecule has 0 saturated heterocycles. The number of hydrogen-bond donors (Lipinski definition) is 2. The molecule has 0 aromatic heterocycles. The zero-order chi connectivity index (χ0) is 13.4. The highest BCUT2D eigenvalue weighted by Crippen LogP contribution is 2.37. The van der Waals surface area contributed by atoms with Gasteiger partial charge in [0, 0.05) is 21.8 Å². The minimum absolute atomic E-state index is 0.121. The second-order valence-corrected chi connectivity index (χ2v) is 5.55. The van der Waals surface area contributed by atoms with E-state index >= 15 is 0 Å². The van der Waals surface area contributed by atoms with Gasteiger partial charge in [-0.05, 0) is 42.8 Å². The number of anilines is 1. The number of aromatic hydroxyl groups is 1. The van der Waals surface area contributed by atoms with Crippen molar-refractivity contribution in [2.45, 2.75) is 13.0 Å². The average Bonchev–Trinajstić information content (AvgIpc) is 2.76.